The van der Waals surface area contributed by atoms with Crippen molar-refractivity contribution in [3.8, 4) is 0 Å². The van der Waals surface area contributed by atoms with Gasteiger partial charge in [-0.15, -0.1) is 0 Å². The van der Waals surface area contributed by atoms with Crippen LogP contribution < -0.4 is 10.6 Å². The lowest BCUT2D eigenvalue weighted by atomic mass is 9.89. The third kappa shape index (κ3) is 4.19. The summed E-state index contributed by atoms with van der Waals surface area (Å²) in [6.45, 7) is 0.565. The smallest absolute Gasteiger partial charge is 0.227 e. The van der Waals surface area contributed by atoms with Crippen molar-refractivity contribution < 1.29 is 9.59 Å². The van der Waals surface area contributed by atoms with Crippen LogP contribution in [-0.4, -0.2) is 23.3 Å². The molecule has 5 nitrogen and oxygen atoms in total. The summed E-state index contributed by atoms with van der Waals surface area (Å²) in [4.78, 5) is 28.3. The first-order chi connectivity index (χ1) is 11.7. The molecule has 0 bridgehead atoms. The van der Waals surface area contributed by atoms with Crippen molar-refractivity contribution in [3.63, 3.8) is 0 Å². The van der Waals surface area contributed by atoms with E-state index in [9.17, 15) is 9.59 Å². The van der Waals surface area contributed by atoms with E-state index < -0.39 is 0 Å². The third-order valence-electron chi connectivity index (χ3n) is 4.26. The first-order valence-electron chi connectivity index (χ1n) is 8.28. The fourth-order valence-corrected chi connectivity index (χ4v) is 2.92. The number of nitrogens with zero attached hydrogens (tertiary/aromatic N) is 1. The van der Waals surface area contributed by atoms with Gasteiger partial charge in [-0.25, -0.2) is 0 Å². The van der Waals surface area contributed by atoms with E-state index in [1.807, 2.05) is 42.5 Å². The number of carbonyl (C=O) groups excluding carboxylic acids is 2. The number of aromatic nitrogens is 1. The van der Waals surface area contributed by atoms with Crippen LogP contribution in [0.25, 0.3) is 0 Å². The number of nitrogens with one attached hydrogen (secondary N) is 2. The van der Waals surface area contributed by atoms with Crippen LogP contribution >= 0.6 is 0 Å². The average molecular weight is 323 g/mol. The molecule has 0 spiro atoms. The Morgan fingerprint density at radius 3 is 2.88 bits per heavy atom. The largest absolute Gasteiger partial charge is 0.356 e. The molecule has 2 N–H and O–H groups in total. The number of carbonyl (C=O) groups is 2. The molecule has 0 saturated heterocycles. The summed E-state index contributed by atoms with van der Waals surface area (Å²) in [5, 5.41) is 5.81. The summed E-state index contributed by atoms with van der Waals surface area (Å²) in [5.74, 6) is -0.144. The molecule has 0 saturated carbocycles. The number of rotatable bonds is 6. The Morgan fingerprint density at radius 1 is 1.21 bits per heavy atom. The molecular formula is C19H21N3O2. The molecule has 0 aliphatic carbocycles. The summed E-state index contributed by atoms with van der Waals surface area (Å²) in [6.07, 6.45) is 4.09. The number of para-hydroxylation sites is 1. The topological polar surface area (TPSA) is 71.1 Å². The Kier molecular flexibility index (Phi) is 5.21. The van der Waals surface area contributed by atoms with Gasteiger partial charge in [0.2, 0.25) is 11.8 Å². The van der Waals surface area contributed by atoms with Crippen molar-refractivity contribution >= 4 is 17.5 Å². The van der Waals surface area contributed by atoms with Gasteiger partial charge in [0.25, 0.3) is 0 Å². The second-order valence-corrected chi connectivity index (χ2v) is 6.01. The molecule has 0 fully saturated rings. The van der Waals surface area contributed by atoms with Gasteiger partial charge in [0.15, 0.2) is 0 Å². The molecule has 1 unspecified atom stereocenters. The van der Waals surface area contributed by atoms with Gasteiger partial charge in [0.05, 0.1) is 0 Å². The SMILES string of the molecule is O=C(CCC1Cc2ccccc2NC1=O)NCCc1ccccn1. The molecule has 2 heterocycles. The van der Waals surface area contributed by atoms with Gasteiger partial charge in [-0.1, -0.05) is 24.3 Å². The second-order valence-electron chi connectivity index (χ2n) is 6.01. The van der Waals surface area contributed by atoms with Crippen LogP contribution in [0.5, 0.6) is 0 Å². The Bertz CT molecular complexity index is 716. The first kappa shape index (κ1) is 16.2. The highest BCUT2D eigenvalue weighted by Gasteiger charge is 2.26. The molecule has 1 aliphatic rings. The van der Waals surface area contributed by atoms with Gasteiger partial charge < -0.3 is 10.6 Å². The molecule has 2 amide bonds. The number of hydrogen-bond donors (Lipinski definition) is 2. The predicted octanol–water partition coefficient (Wildman–Crippen LogP) is 2.33. The maximum Gasteiger partial charge on any atom is 0.227 e. The maximum absolute atomic E-state index is 12.1. The van der Waals surface area contributed by atoms with Crippen molar-refractivity contribution in [1.29, 1.82) is 0 Å². The van der Waals surface area contributed by atoms with E-state index in [0.29, 0.717) is 32.2 Å². The second kappa shape index (κ2) is 7.73. The van der Waals surface area contributed by atoms with E-state index in [1.54, 1.807) is 6.20 Å². The van der Waals surface area contributed by atoms with Crippen LogP contribution in [0.2, 0.25) is 0 Å². The van der Waals surface area contributed by atoms with Gasteiger partial charge in [-0.05, 0) is 36.6 Å². The van der Waals surface area contributed by atoms with Gasteiger partial charge in [0.1, 0.15) is 0 Å². The maximum atomic E-state index is 12.1. The monoisotopic (exact) mass is 323 g/mol. The molecule has 0 radical (unpaired) electrons. The summed E-state index contributed by atoms with van der Waals surface area (Å²) in [7, 11) is 0. The molecule has 3 rings (SSSR count). The summed E-state index contributed by atoms with van der Waals surface area (Å²) < 4.78 is 0. The standard InChI is InChI=1S/C19H21N3O2/c23-18(21-12-10-16-6-3-4-11-20-16)9-8-15-13-14-5-1-2-7-17(14)22-19(15)24/h1-7,11,15H,8-10,12-13H2,(H,21,23)(H,22,24). The number of amides is 2. The number of benzene rings is 1. The molecule has 2 aromatic rings. The van der Waals surface area contributed by atoms with E-state index in [1.165, 1.54) is 0 Å². The molecule has 1 atom stereocenters. The van der Waals surface area contributed by atoms with Crippen molar-refractivity contribution in [2.24, 2.45) is 5.92 Å². The minimum absolute atomic E-state index is 0.00925. The Labute approximate surface area is 141 Å². The van der Waals surface area contributed by atoms with E-state index in [2.05, 4.69) is 15.6 Å². The van der Waals surface area contributed by atoms with Gasteiger partial charge >= 0.3 is 0 Å². The normalized spacial score (nSPS) is 16.2. The van der Waals surface area contributed by atoms with Crippen LogP contribution in [0.4, 0.5) is 5.69 Å². The Balaban J connectivity index is 1.42. The first-order valence-corrected chi connectivity index (χ1v) is 8.28. The van der Waals surface area contributed by atoms with Crippen LogP contribution in [0.1, 0.15) is 24.1 Å². The molecule has 24 heavy (non-hydrogen) atoms. The summed E-state index contributed by atoms with van der Waals surface area (Å²) in [6, 6.07) is 13.6. The highest BCUT2D eigenvalue weighted by molar-refractivity contribution is 5.96. The van der Waals surface area contributed by atoms with Crippen LogP contribution in [0, 0.1) is 5.92 Å². The lowest BCUT2D eigenvalue weighted by Gasteiger charge is -2.24. The fourth-order valence-electron chi connectivity index (χ4n) is 2.92. The molecule has 5 heteroatoms. The highest BCUT2D eigenvalue weighted by atomic mass is 16.2. The molecule has 124 valence electrons. The quantitative estimate of drug-likeness (QED) is 0.857. The average Bonchev–Trinajstić information content (AvgIpc) is 2.61. The Morgan fingerprint density at radius 2 is 2.04 bits per heavy atom. The highest BCUT2D eigenvalue weighted by Crippen LogP contribution is 2.27. The summed E-state index contributed by atoms with van der Waals surface area (Å²) in [5.41, 5.74) is 2.98. The predicted molar refractivity (Wildman–Crippen MR) is 92.5 cm³/mol. The minimum atomic E-state index is -0.138. The van der Waals surface area contributed by atoms with Crippen molar-refractivity contribution in [3.05, 3.63) is 59.9 Å². The molecular weight excluding hydrogens is 302 g/mol. The van der Waals surface area contributed by atoms with Crippen LogP contribution in [-0.2, 0) is 22.4 Å². The summed E-state index contributed by atoms with van der Waals surface area (Å²) >= 11 is 0. The van der Waals surface area contributed by atoms with Crippen molar-refractivity contribution in [2.45, 2.75) is 25.7 Å². The lowest BCUT2D eigenvalue weighted by Crippen LogP contribution is -2.32. The zero-order valence-electron chi connectivity index (χ0n) is 13.5. The van der Waals surface area contributed by atoms with E-state index in [4.69, 9.17) is 0 Å². The van der Waals surface area contributed by atoms with E-state index >= 15 is 0 Å². The lowest BCUT2D eigenvalue weighted by molar-refractivity contribution is -0.122. The van der Waals surface area contributed by atoms with Crippen LogP contribution in [0.15, 0.2) is 48.7 Å². The number of fused-ring (bicyclic) bond motifs is 1. The molecule has 1 aromatic heterocycles. The number of hydrogen-bond acceptors (Lipinski definition) is 3. The van der Waals surface area contributed by atoms with E-state index in [0.717, 1.165) is 16.9 Å². The zero-order valence-corrected chi connectivity index (χ0v) is 13.5. The van der Waals surface area contributed by atoms with Crippen molar-refractivity contribution in [1.82, 2.24) is 10.3 Å². The number of pyridine rings is 1. The van der Waals surface area contributed by atoms with Gasteiger partial charge in [0, 0.05) is 42.9 Å². The van der Waals surface area contributed by atoms with E-state index in [-0.39, 0.29) is 17.7 Å². The fraction of sp³-hybridized carbons (Fsp3) is 0.316. The Hall–Kier alpha value is -2.69. The number of anilines is 1. The molecule has 1 aliphatic heterocycles. The van der Waals surface area contributed by atoms with Gasteiger partial charge in [-0.2, -0.15) is 0 Å². The van der Waals surface area contributed by atoms with Crippen molar-refractivity contribution in [2.75, 3.05) is 11.9 Å². The van der Waals surface area contributed by atoms with Gasteiger partial charge in [-0.3, -0.25) is 14.6 Å². The molecule has 1 aromatic carbocycles. The van der Waals surface area contributed by atoms with Crippen LogP contribution in [0.3, 0.4) is 0 Å². The minimum Gasteiger partial charge on any atom is -0.356 e. The zero-order chi connectivity index (χ0) is 16.8. The third-order valence-corrected chi connectivity index (χ3v) is 4.26.